The lowest BCUT2D eigenvalue weighted by Crippen LogP contribution is -2.28. The molecule has 0 atom stereocenters. The Hall–Kier alpha value is -3.16. The van der Waals surface area contributed by atoms with Gasteiger partial charge in [-0.2, -0.15) is 0 Å². The number of benzene rings is 2. The van der Waals surface area contributed by atoms with E-state index in [1.54, 1.807) is 18.2 Å². The number of halogens is 1. The molecule has 4 rings (SSSR count). The molecule has 1 amide bonds. The van der Waals surface area contributed by atoms with Gasteiger partial charge in [0.15, 0.2) is 0 Å². The van der Waals surface area contributed by atoms with E-state index in [1.165, 1.54) is 29.3 Å². The molecule has 8 heteroatoms. The van der Waals surface area contributed by atoms with Gasteiger partial charge in [-0.05, 0) is 43.2 Å². The lowest BCUT2D eigenvalue weighted by molar-refractivity contribution is -0.116. The number of aromatic nitrogens is 2. The maximum Gasteiger partial charge on any atom is 0.263 e. The van der Waals surface area contributed by atoms with Crippen LogP contribution in [0.5, 0.6) is 5.75 Å². The number of nitrogens with zero attached hydrogens (tertiary/aromatic N) is 2. The molecule has 1 N–H and O–H groups in total. The quantitative estimate of drug-likeness (QED) is 0.459. The Kier molecular flexibility index (Phi) is 5.80. The fourth-order valence-corrected chi connectivity index (χ4v) is 4.59. The minimum Gasteiger partial charge on any atom is -0.495 e. The highest BCUT2D eigenvalue weighted by Crippen LogP contribution is 2.33. The molecule has 0 aliphatic heterocycles. The Bertz CT molecular complexity index is 1360. The van der Waals surface area contributed by atoms with Crippen molar-refractivity contribution >= 4 is 44.7 Å². The third-order valence-electron chi connectivity index (χ3n) is 4.98. The first-order valence-corrected chi connectivity index (χ1v) is 10.8. The van der Waals surface area contributed by atoms with Gasteiger partial charge in [0.05, 0.1) is 24.5 Å². The van der Waals surface area contributed by atoms with Crippen molar-refractivity contribution in [2.45, 2.75) is 20.4 Å². The highest BCUT2D eigenvalue weighted by molar-refractivity contribution is 7.17. The summed E-state index contributed by atoms with van der Waals surface area (Å²) in [6.07, 6.45) is 1.40. The monoisotopic (exact) mass is 453 g/mol. The molecule has 6 nitrogen and oxygen atoms in total. The van der Waals surface area contributed by atoms with Crippen molar-refractivity contribution in [1.29, 1.82) is 0 Å². The molecule has 4 aromatic rings. The average molecular weight is 454 g/mol. The highest BCUT2D eigenvalue weighted by Gasteiger charge is 2.16. The van der Waals surface area contributed by atoms with Crippen molar-refractivity contribution < 1.29 is 9.53 Å². The smallest absolute Gasteiger partial charge is 0.263 e. The topological polar surface area (TPSA) is 73.2 Å². The first-order chi connectivity index (χ1) is 14.9. The predicted octanol–water partition coefficient (Wildman–Crippen LogP) is 5.04. The van der Waals surface area contributed by atoms with Crippen LogP contribution in [0.3, 0.4) is 0 Å². The largest absolute Gasteiger partial charge is 0.495 e. The molecular weight excluding hydrogens is 434 g/mol. The summed E-state index contributed by atoms with van der Waals surface area (Å²) < 4.78 is 6.57. The number of methoxy groups -OCH3 is 1. The van der Waals surface area contributed by atoms with Gasteiger partial charge in [-0.15, -0.1) is 11.3 Å². The summed E-state index contributed by atoms with van der Waals surface area (Å²) in [5.41, 5.74) is 4.25. The van der Waals surface area contributed by atoms with Crippen LogP contribution in [-0.4, -0.2) is 22.6 Å². The van der Waals surface area contributed by atoms with E-state index in [9.17, 15) is 9.59 Å². The number of anilines is 1. The second-order valence-corrected chi connectivity index (χ2v) is 8.51. The summed E-state index contributed by atoms with van der Waals surface area (Å²) in [6, 6.07) is 11.1. The number of rotatable bonds is 5. The molecule has 0 bridgehead atoms. The van der Waals surface area contributed by atoms with Crippen molar-refractivity contribution in [3.8, 4) is 16.9 Å². The van der Waals surface area contributed by atoms with E-state index in [0.29, 0.717) is 26.7 Å². The second kappa shape index (κ2) is 8.53. The van der Waals surface area contributed by atoms with Crippen molar-refractivity contribution in [3.05, 3.63) is 74.6 Å². The summed E-state index contributed by atoms with van der Waals surface area (Å²) in [7, 11) is 1.51. The number of aryl methyl sites for hydroxylation is 2. The standard InChI is InChI=1S/C23H20ClN3O3S/c1-13-4-6-16(14(2)8-13)17-11-31-22-21(17)23(29)27(12-25-22)10-20(28)26-18-9-15(24)5-7-19(18)30-3/h4-9,11-12H,10H2,1-3H3,(H,26,28). The summed E-state index contributed by atoms with van der Waals surface area (Å²) >= 11 is 7.44. The van der Waals surface area contributed by atoms with Gasteiger partial charge in [0, 0.05) is 16.0 Å². The molecule has 0 unspecified atom stereocenters. The van der Waals surface area contributed by atoms with Gasteiger partial charge in [-0.3, -0.25) is 14.2 Å². The van der Waals surface area contributed by atoms with Gasteiger partial charge in [-0.25, -0.2) is 4.98 Å². The molecule has 0 aliphatic carbocycles. The molecule has 0 spiro atoms. The van der Waals surface area contributed by atoms with Crippen molar-refractivity contribution in [2.75, 3.05) is 12.4 Å². The van der Waals surface area contributed by atoms with E-state index in [0.717, 1.165) is 22.3 Å². The number of fused-ring (bicyclic) bond motifs is 1. The molecule has 2 aromatic carbocycles. The van der Waals surface area contributed by atoms with Crippen LogP contribution in [-0.2, 0) is 11.3 Å². The summed E-state index contributed by atoms with van der Waals surface area (Å²) in [6.45, 7) is 3.87. The lowest BCUT2D eigenvalue weighted by Gasteiger charge is -2.11. The van der Waals surface area contributed by atoms with Crippen LogP contribution in [0, 0.1) is 13.8 Å². The minimum atomic E-state index is -0.382. The second-order valence-electron chi connectivity index (χ2n) is 7.22. The van der Waals surface area contributed by atoms with Crippen LogP contribution in [0.1, 0.15) is 11.1 Å². The lowest BCUT2D eigenvalue weighted by atomic mass is 9.99. The van der Waals surface area contributed by atoms with Crippen molar-refractivity contribution in [3.63, 3.8) is 0 Å². The Morgan fingerprint density at radius 1 is 1.19 bits per heavy atom. The van der Waals surface area contributed by atoms with Crippen LogP contribution in [0.2, 0.25) is 5.02 Å². The Balaban J connectivity index is 1.68. The average Bonchev–Trinajstić information content (AvgIpc) is 3.15. The Labute approximate surface area is 188 Å². The first kappa shape index (κ1) is 21.1. The van der Waals surface area contributed by atoms with E-state index in [-0.39, 0.29) is 18.0 Å². The molecule has 2 heterocycles. The number of carbonyl (C=O) groups excluding carboxylic acids is 1. The summed E-state index contributed by atoms with van der Waals surface area (Å²) in [5.74, 6) is 0.0979. The number of ether oxygens (including phenoxy) is 1. The van der Waals surface area contributed by atoms with Crippen LogP contribution in [0.25, 0.3) is 21.3 Å². The SMILES string of the molecule is COc1ccc(Cl)cc1NC(=O)Cn1cnc2scc(-c3ccc(C)cc3C)c2c1=O. The van der Waals surface area contributed by atoms with Crippen LogP contribution in [0.4, 0.5) is 5.69 Å². The van der Waals surface area contributed by atoms with Crippen LogP contribution < -0.4 is 15.6 Å². The maximum absolute atomic E-state index is 13.2. The number of carbonyl (C=O) groups is 1. The molecule has 158 valence electrons. The van der Waals surface area contributed by atoms with E-state index < -0.39 is 0 Å². The summed E-state index contributed by atoms with van der Waals surface area (Å²) in [5, 5.41) is 5.68. The van der Waals surface area contributed by atoms with E-state index in [1.807, 2.05) is 31.4 Å². The van der Waals surface area contributed by atoms with E-state index >= 15 is 0 Å². The Morgan fingerprint density at radius 3 is 2.74 bits per heavy atom. The fourth-order valence-electron chi connectivity index (χ4n) is 3.52. The molecule has 0 saturated carbocycles. The normalized spacial score (nSPS) is 11.0. The zero-order valence-electron chi connectivity index (χ0n) is 17.2. The third kappa shape index (κ3) is 4.19. The zero-order chi connectivity index (χ0) is 22.1. The van der Waals surface area contributed by atoms with Crippen molar-refractivity contribution in [2.24, 2.45) is 0 Å². The van der Waals surface area contributed by atoms with Crippen LogP contribution >= 0.6 is 22.9 Å². The van der Waals surface area contributed by atoms with Crippen LogP contribution in [0.15, 0.2) is 52.9 Å². The van der Waals surface area contributed by atoms with Gasteiger partial charge in [-0.1, -0.05) is 35.4 Å². The summed E-state index contributed by atoms with van der Waals surface area (Å²) in [4.78, 5) is 30.9. The fraction of sp³-hybridized carbons (Fsp3) is 0.174. The maximum atomic E-state index is 13.2. The number of amides is 1. The highest BCUT2D eigenvalue weighted by atomic mass is 35.5. The van der Waals surface area contributed by atoms with Gasteiger partial charge < -0.3 is 10.1 Å². The molecule has 0 saturated heterocycles. The van der Waals surface area contributed by atoms with Crippen molar-refractivity contribution in [1.82, 2.24) is 9.55 Å². The third-order valence-corrected chi connectivity index (χ3v) is 6.10. The number of hydrogen-bond donors (Lipinski definition) is 1. The van der Waals surface area contributed by atoms with E-state index in [2.05, 4.69) is 16.4 Å². The molecule has 0 fully saturated rings. The molecular formula is C23H20ClN3O3S. The molecule has 2 aromatic heterocycles. The number of hydrogen-bond acceptors (Lipinski definition) is 5. The molecule has 0 radical (unpaired) electrons. The van der Waals surface area contributed by atoms with Gasteiger partial charge in [0.2, 0.25) is 5.91 Å². The molecule has 31 heavy (non-hydrogen) atoms. The van der Waals surface area contributed by atoms with Gasteiger partial charge >= 0.3 is 0 Å². The Morgan fingerprint density at radius 2 is 2.00 bits per heavy atom. The minimum absolute atomic E-state index is 0.181. The van der Waals surface area contributed by atoms with Gasteiger partial charge in [0.1, 0.15) is 17.1 Å². The van der Waals surface area contributed by atoms with Gasteiger partial charge in [0.25, 0.3) is 5.56 Å². The molecule has 0 aliphatic rings. The number of nitrogens with one attached hydrogen (secondary N) is 1. The zero-order valence-corrected chi connectivity index (χ0v) is 18.8. The number of thiophene rings is 1. The first-order valence-electron chi connectivity index (χ1n) is 9.55. The van der Waals surface area contributed by atoms with E-state index in [4.69, 9.17) is 16.3 Å². The predicted molar refractivity (Wildman–Crippen MR) is 125 cm³/mol.